The number of hydrogen-bond donors (Lipinski definition) is 0. The van der Waals surface area contributed by atoms with Crippen LogP contribution in [0, 0.1) is 0 Å². The lowest BCUT2D eigenvalue weighted by Gasteiger charge is -2.57. The summed E-state index contributed by atoms with van der Waals surface area (Å²) in [7, 11) is -0.882. The highest BCUT2D eigenvalue weighted by Gasteiger charge is 2.64. The lowest BCUT2D eigenvalue weighted by Crippen LogP contribution is -2.76. The fraction of sp³-hybridized carbons (Fsp3) is 0.500. The average molecular weight is 431 g/mol. The molecule has 2 heterocycles. The van der Waals surface area contributed by atoms with Crippen LogP contribution >= 0.6 is 0 Å². The first-order valence-corrected chi connectivity index (χ1v) is 13.0. The maximum Gasteiger partial charge on any atom is 0.411 e. The summed E-state index contributed by atoms with van der Waals surface area (Å²) in [5, 5.41) is -0.0642. The van der Waals surface area contributed by atoms with E-state index in [1.54, 1.807) is 0 Å². The van der Waals surface area contributed by atoms with Gasteiger partial charge in [0.15, 0.2) is 8.24 Å². The van der Waals surface area contributed by atoms with Gasteiger partial charge in [-0.25, -0.2) is 9.59 Å². The fourth-order valence-electron chi connectivity index (χ4n) is 3.84. The number of benzene rings is 1. The summed E-state index contributed by atoms with van der Waals surface area (Å²) in [6.45, 7) is 11.0. The summed E-state index contributed by atoms with van der Waals surface area (Å²) in [6, 6.07) is 8.45. The molecule has 30 heavy (non-hydrogen) atoms. The molecule has 3 rings (SSSR count). The third-order valence-electron chi connectivity index (χ3n) is 6.52. The van der Waals surface area contributed by atoms with Gasteiger partial charge in [-0.1, -0.05) is 64.2 Å². The summed E-state index contributed by atoms with van der Waals surface area (Å²) >= 11 is 0. The van der Waals surface area contributed by atoms with Gasteiger partial charge < -0.3 is 14.0 Å². The van der Waals surface area contributed by atoms with E-state index in [4.69, 9.17) is 9.47 Å². The third kappa shape index (κ3) is 3.76. The molecule has 1 aromatic rings. The number of fused-ring (bicyclic) bond motifs is 1. The van der Waals surface area contributed by atoms with Gasteiger partial charge in [-0.2, -0.15) is 0 Å². The monoisotopic (exact) mass is 430 g/mol. The maximum absolute atomic E-state index is 13.2. The van der Waals surface area contributed by atoms with Crippen molar-refractivity contribution in [3.8, 4) is 0 Å². The summed E-state index contributed by atoms with van der Waals surface area (Å²) in [5.41, 5.74) is 1.59. The van der Waals surface area contributed by atoms with E-state index in [1.807, 2.05) is 34.9 Å². The van der Waals surface area contributed by atoms with E-state index in [0.717, 1.165) is 5.56 Å². The van der Waals surface area contributed by atoms with Gasteiger partial charge >= 0.3 is 12.1 Å². The van der Waals surface area contributed by atoms with Crippen LogP contribution in [0.1, 0.15) is 26.3 Å². The van der Waals surface area contributed by atoms with Crippen LogP contribution < -0.4 is 0 Å². The van der Waals surface area contributed by atoms with Gasteiger partial charge in [0.2, 0.25) is 5.91 Å². The minimum atomic E-state index is -2.20. The molecule has 7 nitrogen and oxygen atoms in total. The third-order valence-corrected chi connectivity index (χ3v) is 11.9. The van der Waals surface area contributed by atoms with Crippen molar-refractivity contribution in [1.29, 1.82) is 0 Å². The zero-order chi connectivity index (χ0) is 22.3. The van der Waals surface area contributed by atoms with Crippen LogP contribution in [-0.2, 0) is 25.7 Å². The van der Waals surface area contributed by atoms with Gasteiger partial charge in [0, 0.05) is 12.6 Å². The van der Waals surface area contributed by atoms with Crippen LogP contribution in [0.25, 0.3) is 0 Å². The molecule has 8 heteroatoms. The smallest absolute Gasteiger partial charge is 0.411 e. The molecule has 0 saturated carbocycles. The summed E-state index contributed by atoms with van der Waals surface area (Å²) in [4.78, 5) is 39.4. The van der Waals surface area contributed by atoms with E-state index in [0.29, 0.717) is 5.57 Å². The van der Waals surface area contributed by atoms with Gasteiger partial charge in [-0.05, 0) is 16.2 Å². The zero-order valence-corrected chi connectivity index (χ0v) is 19.5. The molecule has 2 saturated heterocycles. The molecule has 2 aliphatic heterocycles. The van der Waals surface area contributed by atoms with Gasteiger partial charge in [-0.15, -0.1) is 0 Å². The molecule has 2 aliphatic rings. The van der Waals surface area contributed by atoms with Gasteiger partial charge in [-0.3, -0.25) is 9.69 Å². The highest BCUT2D eigenvalue weighted by molar-refractivity contribution is 6.80. The zero-order valence-electron chi connectivity index (χ0n) is 18.5. The van der Waals surface area contributed by atoms with Gasteiger partial charge in [0.05, 0.1) is 13.2 Å². The van der Waals surface area contributed by atoms with E-state index in [-0.39, 0.29) is 30.1 Å². The number of carbonyl (C=O) groups is 3. The number of amides is 2. The number of carbonyl (C=O) groups excluding carboxylic acids is 3. The number of β-lactam (4-membered cyclic amide) rings is 1. The maximum atomic E-state index is 13.2. The average Bonchev–Trinajstić information content (AvgIpc) is 2.99. The topological polar surface area (TPSA) is 76.1 Å². The molecule has 2 fully saturated rings. The normalized spacial score (nSPS) is 22.6. The number of rotatable bonds is 4. The van der Waals surface area contributed by atoms with Crippen LogP contribution in [0.2, 0.25) is 18.1 Å². The lowest BCUT2D eigenvalue weighted by atomic mass is 9.96. The summed E-state index contributed by atoms with van der Waals surface area (Å²) < 4.78 is 12.2. The Bertz CT molecular complexity index is 875. The van der Waals surface area contributed by atoms with Crippen molar-refractivity contribution in [3.05, 3.63) is 47.5 Å². The van der Waals surface area contributed by atoms with E-state index >= 15 is 0 Å². The van der Waals surface area contributed by atoms with Crippen molar-refractivity contribution in [1.82, 2.24) is 9.47 Å². The Hall–Kier alpha value is -2.61. The van der Waals surface area contributed by atoms with Gasteiger partial charge in [0.25, 0.3) is 0 Å². The lowest BCUT2D eigenvalue weighted by molar-refractivity contribution is -0.144. The molecule has 0 N–H and O–H groups in total. The number of likely N-dealkylation sites (tertiary alicyclic amines) is 1. The minimum Gasteiger partial charge on any atom is -0.466 e. The Morgan fingerprint density at radius 3 is 2.37 bits per heavy atom. The molecule has 0 aromatic heterocycles. The molecular weight excluding hydrogens is 400 g/mol. The highest BCUT2D eigenvalue weighted by Crippen LogP contribution is 2.48. The van der Waals surface area contributed by atoms with Crippen molar-refractivity contribution in [2.24, 2.45) is 0 Å². The second-order valence-electron chi connectivity index (χ2n) is 9.32. The first kappa shape index (κ1) is 22.1. The first-order chi connectivity index (χ1) is 14.0. The minimum absolute atomic E-state index is 0.0642. The van der Waals surface area contributed by atoms with E-state index in [1.165, 1.54) is 18.1 Å². The SMILES string of the molecule is COC(=O)/C=C1/CN(C(=O)OCc2ccccc2)[C@@H]2C(=O)N([Si](C)(C)C(C)(C)C)[C@H]12. The van der Waals surface area contributed by atoms with Crippen LogP contribution in [0.15, 0.2) is 42.0 Å². The Labute approximate surface area is 178 Å². The summed E-state index contributed by atoms with van der Waals surface area (Å²) in [6.07, 6.45) is 0.861. The quantitative estimate of drug-likeness (QED) is 0.317. The van der Waals surface area contributed by atoms with E-state index in [2.05, 4.69) is 33.9 Å². The van der Waals surface area contributed by atoms with Crippen LogP contribution in [0.4, 0.5) is 4.79 Å². The molecule has 0 radical (unpaired) electrons. The van der Waals surface area contributed by atoms with Crippen LogP contribution in [0.3, 0.4) is 0 Å². The molecule has 2 amide bonds. The number of esters is 1. The second-order valence-corrected chi connectivity index (χ2v) is 14.4. The fourth-order valence-corrected chi connectivity index (χ4v) is 6.25. The van der Waals surface area contributed by atoms with Crippen molar-refractivity contribution in [3.63, 3.8) is 0 Å². The number of nitrogens with zero attached hydrogens (tertiary/aromatic N) is 2. The molecule has 1 aromatic carbocycles. The largest absolute Gasteiger partial charge is 0.466 e. The molecule has 2 atom stereocenters. The van der Waals surface area contributed by atoms with E-state index < -0.39 is 26.3 Å². The van der Waals surface area contributed by atoms with Crippen molar-refractivity contribution in [2.75, 3.05) is 13.7 Å². The first-order valence-electron chi connectivity index (χ1n) is 10.1. The number of methoxy groups -OCH3 is 1. The number of hydrogen-bond acceptors (Lipinski definition) is 5. The predicted octanol–water partition coefficient (Wildman–Crippen LogP) is 3.32. The Morgan fingerprint density at radius 2 is 1.80 bits per heavy atom. The summed E-state index contributed by atoms with van der Waals surface area (Å²) in [5.74, 6) is -0.561. The van der Waals surface area contributed by atoms with E-state index in [9.17, 15) is 14.4 Å². The van der Waals surface area contributed by atoms with Crippen LogP contribution in [0.5, 0.6) is 0 Å². The Kier molecular flexibility index (Phi) is 5.82. The van der Waals surface area contributed by atoms with Crippen molar-refractivity contribution < 1.29 is 23.9 Å². The molecule has 0 unspecified atom stereocenters. The standard InChI is InChI=1S/C22H30N2O5Si/c1-22(2,3)30(5,6)24-18-16(12-17(25)28-4)13-23(19(18)20(24)26)21(27)29-14-15-10-8-7-9-11-15/h7-12,18-19H,13-14H2,1-6H3/b16-12-/t18-,19+/m1/s1. The second kappa shape index (κ2) is 7.90. The van der Waals surface area contributed by atoms with Gasteiger partial charge in [0.1, 0.15) is 12.6 Å². The van der Waals surface area contributed by atoms with Crippen molar-refractivity contribution >= 4 is 26.2 Å². The highest BCUT2D eigenvalue weighted by atomic mass is 28.3. The Balaban J connectivity index is 1.85. The van der Waals surface area contributed by atoms with Crippen LogP contribution in [-0.4, -0.2) is 61.4 Å². The Morgan fingerprint density at radius 1 is 1.17 bits per heavy atom. The molecule has 0 aliphatic carbocycles. The molecular formula is C22H30N2O5Si. The molecule has 0 spiro atoms. The molecule has 0 bridgehead atoms. The molecule has 162 valence electrons. The predicted molar refractivity (Wildman–Crippen MR) is 115 cm³/mol. The number of ether oxygens (including phenoxy) is 2. The van der Waals surface area contributed by atoms with Crippen molar-refractivity contribution in [2.45, 2.75) is 57.6 Å².